The van der Waals surface area contributed by atoms with E-state index < -0.39 is 0 Å². The molecule has 0 radical (unpaired) electrons. The third kappa shape index (κ3) is 5.10. The quantitative estimate of drug-likeness (QED) is 0.707. The van der Waals surface area contributed by atoms with Gasteiger partial charge < -0.3 is 14.8 Å². The molecule has 1 unspecified atom stereocenters. The van der Waals surface area contributed by atoms with Crippen LogP contribution >= 0.6 is 0 Å². The van der Waals surface area contributed by atoms with Crippen molar-refractivity contribution < 1.29 is 13.9 Å². The van der Waals surface area contributed by atoms with E-state index in [0.717, 1.165) is 31.5 Å². The van der Waals surface area contributed by atoms with Gasteiger partial charge in [-0.15, -0.1) is 0 Å². The largest absolute Gasteiger partial charge is 0.494 e. The van der Waals surface area contributed by atoms with Gasteiger partial charge in [-0.05, 0) is 36.0 Å². The molecule has 1 rings (SSSR count). The Labute approximate surface area is 121 Å². The number of ether oxygens (including phenoxy) is 2. The maximum atomic E-state index is 13.7. The molecule has 1 N–H and O–H groups in total. The Morgan fingerprint density at radius 2 is 2.05 bits per heavy atom. The van der Waals surface area contributed by atoms with E-state index in [0.29, 0.717) is 12.4 Å². The molecule has 3 nitrogen and oxygen atoms in total. The highest BCUT2D eigenvalue weighted by Gasteiger charge is 2.22. The summed E-state index contributed by atoms with van der Waals surface area (Å²) >= 11 is 0. The number of rotatable bonds is 9. The predicted octanol–water partition coefficient (Wildman–Crippen LogP) is 3.03. The predicted molar refractivity (Wildman–Crippen MR) is 79.8 cm³/mol. The van der Waals surface area contributed by atoms with Crippen LogP contribution in [0.25, 0.3) is 0 Å². The highest BCUT2D eigenvalue weighted by atomic mass is 19.1. The molecule has 1 atom stereocenters. The first-order valence-electron chi connectivity index (χ1n) is 7.06. The van der Waals surface area contributed by atoms with E-state index in [1.807, 2.05) is 6.07 Å². The molecule has 0 saturated carbocycles. The topological polar surface area (TPSA) is 30.5 Å². The Kier molecular flexibility index (Phi) is 6.96. The van der Waals surface area contributed by atoms with Crippen LogP contribution in [0.1, 0.15) is 25.8 Å². The zero-order valence-corrected chi connectivity index (χ0v) is 13.0. The molecular formula is C16H26FNO2. The van der Waals surface area contributed by atoms with Gasteiger partial charge in [0.25, 0.3) is 0 Å². The lowest BCUT2D eigenvalue weighted by Crippen LogP contribution is -2.34. The van der Waals surface area contributed by atoms with Crippen molar-refractivity contribution in [2.75, 3.05) is 33.9 Å². The second-order valence-corrected chi connectivity index (χ2v) is 5.48. The van der Waals surface area contributed by atoms with Crippen LogP contribution in [0.15, 0.2) is 18.2 Å². The fourth-order valence-electron chi connectivity index (χ4n) is 2.19. The molecule has 0 aliphatic heterocycles. The fourth-order valence-corrected chi connectivity index (χ4v) is 2.19. The van der Waals surface area contributed by atoms with Crippen LogP contribution in [0, 0.1) is 11.2 Å². The normalized spacial score (nSPS) is 14.1. The second-order valence-electron chi connectivity index (χ2n) is 5.48. The Bertz CT molecular complexity index is 411. The van der Waals surface area contributed by atoms with E-state index in [9.17, 15) is 4.39 Å². The zero-order chi connectivity index (χ0) is 15.0. The van der Waals surface area contributed by atoms with Crippen LogP contribution in [0.2, 0.25) is 0 Å². The van der Waals surface area contributed by atoms with Crippen molar-refractivity contribution >= 4 is 0 Å². The molecule has 0 bridgehead atoms. The highest BCUT2D eigenvalue weighted by Crippen LogP contribution is 2.27. The number of methoxy groups -OCH3 is 2. The average Bonchev–Trinajstić information content (AvgIpc) is 2.44. The summed E-state index contributed by atoms with van der Waals surface area (Å²) in [5.74, 6) is 0.000895. The van der Waals surface area contributed by atoms with Crippen LogP contribution in [-0.4, -0.2) is 33.9 Å². The summed E-state index contributed by atoms with van der Waals surface area (Å²) in [5, 5.41) is 3.39. The minimum Gasteiger partial charge on any atom is -0.494 e. The summed E-state index contributed by atoms with van der Waals surface area (Å²) in [6, 6.07) is 5.20. The van der Waals surface area contributed by atoms with Crippen molar-refractivity contribution in [1.29, 1.82) is 0 Å². The van der Waals surface area contributed by atoms with Crippen LogP contribution in [0.5, 0.6) is 5.75 Å². The van der Waals surface area contributed by atoms with Crippen molar-refractivity contribution in [3.05, 3.63) is 29.6 Å². The summed E-state index contributed by atoms with van der Waals surface area (Å²) in [6.45, 7) is 6.81. The molecule has 114 valence electrons. The maximum absolute atomic E-state index is 13.7. The molecule has 1 aromatic carbocycles. The number of benzene rings is 1. The molecule has 0 spiro atoms. The summed E-state index contributed by atoms with van der Waals surface area (Å²) in [7, 11) is 3.18. The summed E-state index contributed by atoms with van der Waals surface area (Å²) in [4.78, 5) is 0. The van der Waals surface area contributed by atoms with Gasteiger partial charge in [0.05, 0.1) is 13.7 Å². The molecule has 0 aliphatic rings. The molecule has 0 aromatic heterocycles. The Hall–Kier alpha value is -1.13. The van der Waals surface area contributed by atoms with E-state index in [2.05, 4.69) is 19.2 Å². The van der Waals surface area contributed by atoms with Gasteiger partial charge in [0.1, 0.15) is 0 Å². The van der Waals surface area contributed by atoms with Gasteiger partial charge in [-0.25, -0.2) is 4.39 Å². The lowest BCUT2D eigenvalue weighted by molar-refractivity contribution is 0.191. The SMILES string of the molecule is CCC(C)(CNCCOC)Cc1ccc(OC)c(F)c1. The lowest BCUT2D eigenvalue weighted by Gasteiger charge is -2.29. The minimum absolute atomic E-state index is 0.106. The van der Waals surface area contributed by atoms with E-state index in [-0.39, 0.29) is 11.2 Å². The Balaban J connectivity index is 2.64. The molecule has 0 aliphatic carbocycles. The van der Waals surface area contributed by atoms with Gasteiger partial charge in [-0.2, -0.15) is 0 Å². The van der Waals surface area contributed by atoms with Gasteiger partial charge in [0.15, 0.2) is 11.6 Å². The first-order chi connectivity index (χ1) is 9.54. The van der Waals surface area contributed by atoms with Gasteiger partial charge in [0, 0.05) is 20.2 Å². The minimum atomic E-state index is -0.296. The van der Waals surface area contributed by atoms with Crippen LogP contribution in [0.4, 0.5) is 4.39 Å². The first-order valence-corrected chi connectivity index (χ1v) is 7.06. The first kappa shape index (κ1) is 16.9. The standard InChI is InChI=1S/C16H26FNO2/c1-5-16(2,12-18-8-9-19-3)11-13-6-7-15(20-4)14(17)10-13/h6-7,10,18H,5,8-9,11-12H2,1-4H3. The Morgan fingerprint density at radius 1 is 1.30 bits per heavy atom. The van der Waals surface area contributed by atoms with Crippen molar-refractivity contribution in [3.63, 3.8) is 0 Å². The second kappa shape index (κ2) is 8.22. The zero-order valence-electron chi connectivity index (χ0n) is 13.0. The van der Waals surface area contributed by atoms with E-state index in [4.69, 9.17) is 9.47 Å². The smallest absolute Gasteiger partial charge is 0.165 e. The molecule has 20 heavy (non-hydrogen) atoms. The Morgan fingerprint density at radius 3 is 2.60 bits per heavy atom. The maximum Gasteiger partial charge on any atom is 0.165 e. The number of hydrogen-bond acceptors (Lipinski definition) is 3. The van der Waals surface area contributed by atoms with Crippen molar-refractivity contribution in [2.24, 2.45) is 5.41 Å². The monoisotopic (exact) mass is 283 g/mol. The molecule has 0 saturated heterocycles. The average molecular weight is 283 g/mol. The molecule has 0 amide bonds. The molecule has 4 heteroatoms. The highest BCUT2D eigenvalue weighted by molar-refractivity contribution is 5.29. The van der Waals surface area contributed by atoms with E-state index in [1.54, 1.807) is 19.2 Å². The number of hydrogen-bond donors (Lipinski definition) is 1. The number of nitrogens with one attached hydrogen (secondary N) is 1. The summed E-state index contributed by atoms with van der Waals surface area (Å²) < 4.78 is 23.7. The fraction of sp³-hybridized carbons (Fsp3) is 0.625. The van der Waals surface area contributed by atoms with Crippen molar-refractivity contribution in [1.82, 2.24) is 5.32 Å². The van der Waals surface area contributed by atoms with Crippen LogP contribution < -0.4 is 10.1 Å². The molecule has 1 aromatic rings. The van der Waals surface area contributed by atoms with Gasteiger partial charge in [0.2, 0.25) is 0 Å². The van der Waals surface area contributed by atoms with Crippen LogP contribution in [-0.2, 0) is 11.2 Å². The van der Waals surface area contributed by atoms with Gasteiger partial charge in [-0.3, -0.25) is 0 Å². The molecule has 0 fully saturated rings. The summed E-state index contributed by atoms with van der Waals surface area (Å²) in [6.07, 6.45) is 1.87. The number of halogens is 1. The molecular weight excluding hydrogens is 257 g/mol. The van der Waals surface area contributed by atoms with Crippen LogP contribution in [0.3, 0.4) is 0 Å². The van der Waals surface area contributed by atoms with Crippen molar-refractivity contribution in [2.45, 2.75) is 26.7 Å². The summed E-state index contributed by atoms with van der Waals surface area (Å²) in [5.41, 5.74) is 1.11. The van der Waals surface area contributed by atoms with Crippen molar-refractivity contribution in [3.8, 4) is 5.75 Å². The lowest BCUT2D eigenvalue weighted by atomic mass is 9.81. The van der Waals surface area contributed by atoms with Gasteiger partial charge >= 0.3 is 0 Å². The third-order valence-corrected chi connectivity index (χ3v) is 3.74. The van der Waals surface area contributed by atoms with E-state index >= 15 is 0 Å². The van der Waals surface area contributed by atoms with E-state index in [1.165, 1.54) is 7.11 Å². The van der Waals surface area contributed by atoms with Gasteiger partial charge in [-0.1, -0.05) is 19.9 Å². The third-order valence-electron chi connectivity index (χ3n) is 3.74. The molecule has 0 heterocycles.